The molecule has 208 valence electrons. The van der Waals surface area contributed by atoms with Crippen molar-refractivity contribution in [2.45, 2.75) is 51.2 Å². The Kier molecular flexibility index (Phi) is 8.67. The molecule has 14 heteroatoms. The SMILES string of the molecule is CCOC(=O)N1c2cc(Cl)c(Cl)cc2[C@H](N(Cc2cc(C(F)(F)F)cc(C(F)(F)F)c2)C(=O)OC)C[C@@H]1C. The first-order chi connectivity index (χ1) is 17.6. The van der Waals surface area contributed by atoms with Crippen molar-refractivity contribution in [1.82, 2.24) is 4.90 Å². The van der Waals surface area contributed by atoms with Crippen LogP contribution in [0.3, 0.4) is 0 Å². The smallest absolute Gasteiger partial charge is 0.416 e. The number of methoxy groups -OCH3 is 1. The minimum atomic E-state index is -5.07. The maximum atomic E-state index is 13.4. The zero-order valence-electron chi connectivity index (χ0n) is 20.2. The van der Waals surface area contributed by atoms with Crippen LogP contribution < -0.4 is 4.90 Å². The second-order valence-electron chi connectivity index (χ2n) is 8.51. The zero-order valence-corrected chi connectivity index (χ0v) is 21.7. The number of amides is 2. The molecule has 0 radical (unpaired) electrons. The zero-order chi connectivity index (χ0) is 28.6. The van der Waals surface area contributed by atoms with Gasteiger partial charge in [0.1, 0.15) is 0 Å². The number of fused-ring (bicyclic) bond motifs is 1. The lowest BCUT2D eigenvalue weighted by Crippen LogP contribution is -2.47. The molecule has 3 rings (SSSR count). The number of nitrogens with zero attached hydrogens (tertiary/aromatic N) is 2. The summed E-state index contributed by atoms with van der Waals surface area (Å²) >= 11 is 12.4. The Balaban J connectivity index is 2.16. The third-order valence-corrected chi connectivity index (χ3v) is 6.67. The number of carbonyl (C=O) groups excluding carboxylic acids is 2. The van der Waals surface area contributed by atoms with Crippen molar-refractivity contribution in [1.29, 1.82) is 0 Å². The van der Waals surface area contributed by atoms with Crippen LogP contribution in [0.25, 0.3) is 0 Å². The molecule has 1 heterocycles. The van der Waals surface area contributed by atoms with Crippen molar-refractivity contribution in [2.75, 3.05) is 18.6 Å². The van der Waals surface area contributed by atoms with E-state index < -0.39 is 59.9 Å². The van der Waals surface area contributed by atoms with Gasteiger partial charge in [-0.3, -0.25) is 9.80 Å². The number of alkyl halides is 6. The molecule has 0 unspecified atom stereocenters. The lowest BCUT2D eigenvalue weighted by Gasteiger charge is -2.42. The predicted octanol–water partition coefficient (Wildman–Crippen LogP) is 8.10. The molecule has 2 atom stereocenters. The summed E-state index contributed by atoms with van der Waals surface area (Å²) in [6.07, 6.45) is -11.8. The molecular weight excluding hydrogens is 565 g/mol. The van der Waals surface area contributed by atoms with Crippen LogP contribution in [-0.2, 0) is 28.4 Å². The molecule has 0 fully saturated rings. The fourth-order valence-electron chi connectivity index (χ4n) is 4.31. The summed E-state index contributed by atoms with van der Waals surface area (Å²) < 4.78 is 90.4. The number of halogens is 8. The van der Waals surface area contributed by atoms with Gasteiger partial charge in [0, 0.05) is 18.2 Å². The minimum absolute atomic E-state index is 0.00293. The lowest BCUT2D eigenvalue weighted by atomic mass is 9.90. The third-order valence-electron chi connectivity index (χ3n) is 5.94. The summed E-state index contributed by atoms with van der Waals surface area (Å²) in [6.45, 7) is 2.63. The minimum Gasteiger partial charge on any atom is -0.453 e. The fourth-order valence-corrected chi connectivity index (χ4v) is 4.64. The highest BCUT2D eigenvalue weighted by Gasteiger charge is 2.41. The van der Waals surface area contributed by atoms with Gasteiger partial charge >= 0.3 is 24.5 Å². The molecule has 0 spiro atoms. The summed E-state index contributed by atoms with van der Waals surface area (Å²) in [7, 11) is 1.02. The molecule has 0 saturated carbocycles. The van der Waals surface area contributed by atoms with Gasteiger partial charge in [-0.15, -0.1) is 0 Å². The Bertz CT molecular complexity index is 1190. The van der Waals surface area contributed by atoms with Gasteiger partial charge in [-0.2, -0.15) is 26.3 Å². The van der Waals surface area contributed by atoms with Gasteiger partial charge < -0.3 is 9.47 Å². The van der Waals surface area contributed by atoms with Crippen molar-refractivity contribution in [3.8, 4) is 0 Å². The van der Waals surface area contributed by atoms with Crippen molar-refractivity contribution < 1.29 is 45.4 Å². The van der Waals surface area contributed by atoms with E-state index >= 15 is 0 Å². The monoisotopic (exact) mass is 586 g/mol. The molecule has 0 N–H and O–H groups in total. The van der Waals surface area contributed by atoms with E-state index in [-0.39, 0.29) is 40.4 Å². The first-order valence-electron chi connectivity index (χ1n) is 11.2. The van der Waals surface area contributed by atoms with Crippen LogP contribution in [0, 0.1) is 0 Å². The van der Waals surface area contributed by atoms with E-state index in [0.717, 1.165) is 12.0 Å². The predicted molar refractivity (Wildman–Crippen MR) is 127 cm³/mol. The topological polar surface area (TPSA) is 59.1 Å². The highest BCUT2D eigenvalue weighted by atomic mass is 35.5. The molecule has 0 aliphatic carbocycles. The lowest BCUT2D eigenvalue weighted by molar-refractivity contribution is -0.143. The molecule has 0 saturated heterocycles. The first-order valence-corrected chi connectivity index (χ1v) is 11.9. The second-order valence-corrected chi connectivity index (χ2v) is 9.32. The van der Waals surface area contributed by atoms with Crippen molar-refractivity contribution in [3.63, 3.8) is 0 Å². The van der Waals surface area contributed by atoms with Crippen LogP contribution in [0.1, 0.15) is 48.6 Å². The van der Waals surface area contributed by atoms with Gasteiger partial charge in [0.2, 0.25) is 0 Å². The van der Waals surface area contributed by atoms with Gasteiger partial charge in [0.15, 0.2) is 0 Å². The Hall–Kier alpha value is -2.86. The molecular formula is C24H22Cl2F6N2O4. The first kappa shape index (κ1) is 29.7. The number of hydrogen-bond donors (Lipinski definition) is 0. The van der Waals surface area contributed by atoms with E-state index in [1.165, 1.54) is 17.0 Å². The quantitative estimate of drug-likeness (QED) is 0.340. The van der Waals surface area contributed by atoms with Crippen LogP contribution in [-0.4, -0.2) is 36.8 Å². The van der Waals surface area contributed by atoms with Gasteiger partial charge in [0.05, 0.1) is 46.6 Å². The average molecular weight is 587 g/mol. The summed E-state index contributed by atoms with van der Waals surface area (Å²) in [4.78, 5) is 27.8. The summed E-state index contributed by atoms with van der Waals surface area (Å²) in [6, 6.07) is 2.25. The second kappa shape index (κ2) is 11.1. The molecule has 2 amide bonds. The Morgan fingerprint density at radius 2 is 1.55 bits per heavy atom. The standard InChI is InChI=1S/C24H22Cl2F6N2O4/c1-4-38-22(36)34-12(2)5-19(16-9-17(25)18(26)10-20(16)34)33(21(35)37-3)11-13-6-14(23(27,28)29)8-15(7-13)24(30,31)32/h6-10,12,19H,4-5,11H2,1-3H3/t12-,19+/m0/s1. The number of benzene rings is 2. The van der Waals surface area contributed by atoms with Gasteiger partial charge in [0.25, 0.3) is 0 Å². The Labute approximate surface area is 224 Å². The maximum absolute atomic E-state index is 13.4. The van der Waals surface area contributed by atoms with Crippen LogP contribution in [0.15, 0.2) is 30.3 Å². The Morgan fingerprint density at radius 1 is 1.00 bits per heavy atom. The van der Waals surface area contributed by atoms with Gasteiger partial charge in [-0.1, -0.05) is 23.2 Å². The van der Waals surface area contributed by atoms with E-state index in [0.29, 0.717) is 12.1 Å². The molecule has 2 aromatic rings. The van der Waals surface area contributed by atoms with Gasteiger partial charge in [-0.05, 0) is 56.2 Å². The highest BCUT2D eigenvalue weighted by Crippen LogP contribution is 2.45. The molecule has 0 aromatic heterocycles. The van der Waals surface area contributed by atoms with Crippen LogP contribution in [0.2, 0.25) is 10.0 Å². The third kappa shape index (κ3) is 6.23. The van der Waals surface area contributed by atoms with Crippen molar-refractivity contribution in [2.24, 2.45) is 0 Å². The number of rotatable bonds is 4. The fraction of sp³-hybridized carbons (Fsp3) is 0.417. The summed E-state index contributed by atoms with van der Waals surface area (Å²) in [5, 5.41) is 0.127. The summed E-state index contributed by atoms with van der Waals surface area (Å²) in [5.74, 6) is 0. The molecule has 1 aliphatic rings. The number of anilines is 1. The van der Waals surface area contributed by atoms with E-state index in [1.54, 1.807) is 13.8 Å². The van der Waals surface area contributed by atoms with Crippen LogP contribution in [0.5, 0.6) is 0 Å². The molecule has 1 aliphatic heterocycles. The molecule has 2 aromatic carbocycles. The summed E-state index contributed by atoms with van der Waals surface area (Å²) in [5.41, 5.74) is -2.98. The maximum Gasteiger partial charge on any atom is 0.416 e. The molecule has 0 bridgehead atoms. The van der Waals surface area contributed by atoms with E-state index in [2.05, 4.69) is 0 Å². The van der Waals surface area contributed by atoms with E-state index in [9.17, 15) is 35.9 Å². The highest BCUT2D eigenvalue weighted by molar-refractivity contribution is 6.42. The van der Waals surface area contributed by atoms with Crippen LogP contribution in [0.4, 0.5) is 41.6 Å². The number of hydrogen-bond acceptors (Lipinski definition) is 4. The number of ether oxygens (including phenoxy) is 2. The number of carbonyl (C=O) groups is 2. The molecule has 38 heavy (non-hydrogen) atoms. The average Bonchev–Trinajstić information content (AvgIpc) is 2.81. The molecule has 6 nitrogen and oxygen atoms in total. The van der Waals surface area contributed by atoms with E-state index in [1.807, 2.05) is 0 Å². The van der Waals surface area contributed by atoms with Crippen molar-refractivity contribution in [3.05, 3.63) is 62.6 Å². The van der Waals surface area contributed by atoms with E-state index in [4.69, 9.17) is 32.7 Å². The Morgan fingerprint density at radius 3 is 2.05 bits per heavy atom. The van der Waals surface area contributed by atoms with Crippen molar-refractivity contribution >= 4 is 41.1 Å². The van der Waals surface area contributed by atoms with Crippen LogP contribution >= 0.6 is 23.2 Å². The van der Waals surface area contributed by atoms with Gasteiger partial charge in [-0.25, -0.2) is 9.59 Å². The largest absolute Gasteiger partial charge is 0.453 e. The normalized spacial score (nSPS) is 17.6.